The van der Waals surface area contributed by atoms with Gasteiger partial charge >= 0.3 is 0 Å². The highest BCUT2D eigenvalue weighted by molar-refractivity contribution is 4.93. The van der Waals surface area contributed by atoms with Crippen LogP contribution in [0, 0.1) is 11.3 Å². The van der Waals surface area contributed by atoms with E-state index in [0.717, 1.165) is 45.7 Å². The summed E-state index contributed by atoms with van der Waals surface area (Å²) in [4.78, 5) is 4.97. The Balaban J connectivity index is 2.28. The minimum absolute atomic E-state index is 0.0138. The molecule has 0 aromatic heterocycles. The average Bonchev–Trinajstić information content (AvgIpc) is 2.43. The third-order valence-corrected chi connectivity index (χ3v) is 3.86. The van der Waals surface area contributed by atoms with Crippen LogP contribution in [-0.4, -0.2) is 61.2 Å². The van der Waals surface area contributed by atoms with Crippen LogP contribution in [0.15, 0.2) is 0 Å². The van der Waals surface area contributed by atoms with Crippen molar-refractivity contribution in [3.8, 4) is 6.07 Å². The predicted molar refractivity (Wildman–Crippen MR) is 75.5 cm³/mol. The second-order valence-corrected chi connectivity index (χ2v) is 5.23. The molecule has 2 atom stereocenters. The van der Waals surface area contributed by atoms with Gasteiger partial charge in [-0.3, -0.25) is 9.80 Å². The van der Waals surface area contributed by atoms with Crippen LogP contribution in [0.1, 0.15) is 33.6 Å². The molecule has 4 nitrogen and oxygen atoms in total. The molecule has 1 rings (SSSR count). The molecular weight excluding hydrogens is 224 g/mol. The highest BCUT2D eigenvalue weighted by Crippen LogP contribution is 2.08. The summed E-state index contributed by atoms with van der Waals surface area (Å²) in [6, 6.07) is 3.04. The highest BCUT2D eigenvalue weighted by Gasteiger charge is 2.21. The zero-order valence-corrected chi connectivity index (χ0v) is 12.2. The van der Waals surface area contributed by atoms with E-state index in [0.29, 0.717) is 6.04 Å². The maximum Gasteiger partial charge on any atom is 0.108 e. The molecule has 0 aromatic rings. The first kappa shape index (κ1) is 15.4. The van der Waals surface area contributed by atoms with Gasteiger partial charge in [0.25, 0.3) is 0 Å². The number of nitrogens with one attached hydrogen (secondary N) is 1. The van der Waals surface area contributed by atoms with Gasteiger partial charge in [0.15, 0.2) is 0 Å². The molecule has 4 heteroatoms. The second-order valence-electron chi connectivity index (χ2n) is 5.23. The van der Waals surface area contributed by atoms with Crippen LogP contribution in [0.4, 0.5) is 0 Å². The van der Waals surface area contributed by atoms with Crippen LogP contribution < -0.4 is 5.32 Å². The molecular formula is C14H28N4. The summed E-state index contributed by atoms with van der Waals surface area (Å²) in [5.41, 5.74) is 0. The first-order valence-electron chi connectivity index (χ1n) is 7.30. The maximum absolute atomic E-state index is 9.11. The molecule has 1 aliphatic heterocycles. The average molecular weight is 252 g/mol. The van der Waals surface area contributed by atoms with Crippen LogP contribution in [0.2, 0.25) is 0 Å². The Labute approximate surface area is 112 Å². The van der Waals surface area contributed by atoms with E-state index in [9.17, 15) is 0 Å². The lowest BCUT2D eigenvalue weighted by Gasteiger charge is -2.38. The Morgan fingerprint density at radius 1 is 1.22 bits per heavy atom. The van der Waals surface area contributed by atoms with Gasteiger partial charge in [-0.1, -0.05) is 13.8 Å². The van der Waals surface area contributed by atoms with Crippen LogP contribution in [-0.2, 0) is 0 Å². The summed E-state index contributed by atoms with van der Waals surface area (Å²) in [6.45, 7) is 12.9. The number of rotatable bonds is 7. The summed E-state index contributed by atoms with van der Waals surface area (Å²) in [5.74, 6) is 0. The largest absolute Gasteiger partial charge is 0.301 e. The monoisotopic (exact) mass is 252 g/mol. The molecule has 0 saturated carbocycles. The van der Waals surface area contributed by atoms with E-state index in [4.69, 9.17) is 5.26 Å². The Morgan fingerprint density at radius 3 is 2.39 bits per heavy atom. The molecule has 18 heavy (non-hydrogen) atoms. The molecule has 0 spiro atoms. The molecule has 0 aromatic carbocycles. The van der Waals surface area contributed by atoms with Crippen molar-refractivity contribution < 1.29 is 0 Å². The van der Waals surface area contributed by atoms with Crippen molar-refractivity contribution in [3.05, 3.63) is 0 Å². The van der Waals surface area contributed by atoms with Crippen LogP contribution in [0.5, 0.6) is 0 Å². The lowest BCUT2D eigenvalue weighted by Crippen LogP contribution is -2.52. The Hall–Kier alpha value is -0.630. The van der Waals surface area contributed by atoms with Gasteiger partial charge in [0.2, 0.25) is 0 Å². The predicted octanol–water partition coefficient (Wildman–Crippen LogP) is 1.29. The number of nitrogens with zero attached hydrogens (tertiary/aromatic N) is 3. The Bertz CT molecular complexity index is 253. The molecule has 2 unspecified atom stereocenters. The van der Waals surface area contributed by atoms with Crippen molar-refractivity contribution in [2.75, 3.05) is 39.3 Å². The third kappa shape index (κ3) is 4.93. The van der Waals surface area contributed by atoms with Crippen molar-refractivity contribution in [1.29, 1.82) is 5.26 Å². The van der Waals surface area contributed by atoms with E-state index >= 15 is 0 Å². The minimum Gasteiger partial charge on any atom is -0.301 e. The van der Waals surface area contributed by atoms with Crippen molar-refractivity contribution >= 4 is 0 Å². The van der Waals surface area contributed by atoms with E-state index in [1.807, 2.05) is 0 Å². The van der Waals surface area contributed by atoms with E-state index in [1.54, 1.807) is 0 Å². The lowest BCUT2D eigenvalue weighted by molar-refractivity contribution is 0.0976. The molecule has 0 aliphatic carbocycles. The van der Waals surface area contributed by atoms with Crippen molar-refractivity contribution in [2.45, 2.75) is 45.7 Å². The smallest absolute Gasteiger partial charge is 0.108 e. The molecule has 0 amide bonds. The van der Waals surface area contributed by atoms with E-state index in [-0.39, 0.29) is 6.04 Å². The minimum atomic E-state index is -0.0138. The van der Waals surface area contributed by atoms with Gasteiger partial charge in [-0.2, -0.15) is 5.26 Å². The van der Waals surface area contributed by atoms with Crippen molar-refractivity contribution in [2.24, 2.45) is 0 Å². The Kier molecular flexibility index (Phi) is 7.26. The maximum atomic E-state index is 9.11. The summed E-state index contributed by atoms with van der Waals surface area (Å²) < 4.78 is 0. The van der Waals surface area contributed by atoms with Gasteiger partial charge in [0.1, 0.15) is 6.04 Å². The van der Waals surface area contributed by atoms with Gasteiger partial charge in [0, 0.05) is 38.8 Å². The fraction of sp³-hybridized carbons (Fsp3) is 0.929. The third-order valence-electron chi connectivity index (χ3n) is 3.86. The highest BCUT2D eigenvalue weighted by atomic mass is 15.3. The SMILES string of the molecule is CCCNC(C#N)CN1CCN(C(C)CC)CC1. The quantitative estimate of drug-likeness (QED) is 0.741. The topological polar surface area (TPSA) is 42.3 Å². The van der Waals surface area contributed by atoms with Crippen LogP contribution in [0.3, 0.4) is 0 Å². The second kappa shape index (κ2) is 8.47. The molecule has 1 N–H and O–H groups in total. The summed E-state index contributed by atoms with van der Waals surface area (Å²) in [6.07, 6.45) is 2.30. The van der Waals surface area contributed by atoms with Gasteiger partial charge in [-0.15, -0.1) is 0 Å². The van der Waals surface area contributed by atoms with Crippen molar-refractivity contribution in [3.63, 3.8) is 0 Å². The lowest BCUT2D eigenvalue weighted by atomic mass is 10.2. The van der Waals surface area contributed by atoms with Gasteiger partial charge in [-0.05, 0) is 26.3 Å². The Morgan fingerprint density at radius 2 is 1.89 bits per heavy atom. The van der Waals surface area contributed by atoms with Crippen molar-refractivity contribution in [1.82, 2.24) is 15.1 Å². The van der Waals surface area contributed by atoms with Crippen LogP contribution in [0.25, 0.3) is 0 Å². The summed E-state index contributed by atoms with van der Waals surface area (Å²) in [7, 11) is 0. The molecule has 0 bridgehead atoms. The van der Waals surface area contributed by atoms with E-state index in [1.165, 1.54) is 6.42 Å². The van der Waals surface area contributed by atoms with Gasteiger partial charge in [0.05, 0.1) is 6.07 Å². The fourth-order valence-electron chi connectivity index (χ4n) is 2.37. The number of piperazine rings is 1. The normalized spacial score (nSPS) is 21.4. The first-order valence-corrected chi connectivity index (χ1v) is 7.30. The summed E-state index contributed by atoms with van der Waals surface area (Å²) in [5, 5.41) is 12.4. The molecule has 104 valence electrons. The zero-order chi connectivity index (χ0) is 13.4. The number of nitriles is 1. The standard InChI is InChI=1S/C14H28N4/c1-4-6-16-14(11-15)12-17-7-9-18(10-8-17)13(3)5-2/h13-14,16H,4-10,12H2,1-3H3. The molecule has 1 aliphatic rings. The molecule has 1 fully saturated rings. The number of hydrogen-bond acceptors (Lipinski definition) is 4. The molecule has 1 saturated heterocycles. The number of hydrogen-bond donors (Lipinski definition) is 1. The van der Waals surface area contributed by atoms with Gasteiger partial charge < -0.3 is 5.32 Å². The fourth-order valence-corrected chi connectivity index (χ4v) is 2.37. The molecule has 1 heterocycles. The van der Waals surface area contributed by atoms with E-state index < -0.39 is 0 Å². The molecule has 0 radical (unpaired) electrons. The van der Waals surface area contributed by atoms with Gasteiger partial charge in [-0.25, -0.2) is 0 Å². The zero-order valence-electron chi connectivity index (χ0n) is 12.2. The van der Waals surface area contributed by atoms with Crippen LogP contribution >= 0.6 is 0 Å². The first-order chi connectivity index (χ1) is 8.71. The summed E-state index contributed by atoms with van der Waals surface area (Å²) >= 11 is 0. The van der Waals surface area contributed by atoms with E-state index in [2.05, 4.69) is 42.0 Å².